The first-order valence-corrected chi connectivity index (χ1v) is 6.84. The molecule has 0 amide bonds. The molecule has 1 fully saturated rings. The Kier molecular flexibility index (Phi) is 7.01. The molecule has 2 N–H and O–H groups in total. The Morgan fingerprint density at radius 1 is 1.44 bits per heavy atom. The lowest BCUT2D eigenvalue weighted by Gasteiger charge is -2.35. The highest BCUT2D eigenvalue weighted by Gasteiger charge is 2.23. The van der Waals surface area contributed by atoms with Crippen molar-refractivity contribution in [1.29, 1.82) is 0 Å². The maximum atomic E-state index is 8.71. The molecule has 0 radical (unpaired) electrons. The minimum Gasteiger partial charge on any atom is -0.396 e. The number of piperidine rings is 1. The minimum absolute atomic E-state index is 0.323. The standard InChI is InChI=1S/C13H28N2O/c1-3-15-9-6-7-13(11-15)12(2)14-8-4-5-10-16/h12-14,16H,3-11H2,1-2H3. The van der Waals surface area contributed by atoms with Gasteiger partial charge in [-0.15, -0.1) is 0 Å². The van der Waals surface area contributed by atoms with Gasteiger partial charge in [-0.2, -0.15) is 0 Å². The highest BCUT2D eigenvalue weighted by molar-refractivity contribution is 4.79. The molecule has 2 atom stereocenters. The lowest BCUT2D eigenvalue weighted by atomic mass is 9.91. The van der Waals surface area contributed by atoms with Crippen LogP contribution in [0, 0.1) is 5.92 Å². The first-order chi connectivity index (χ1) is 7.77. The molecule has 3 nitrogen and oxygen atoms in total. The average molecular weight is 228 g/mol. The summed E-state index contributed by atoms with van der Waals surface area (Å²) in [4.78, 5) is 2.56. The highest BCUT2D eigenvalue weighted by Crippen LogP contribution is 2.19. The summed E-state index contributed by atoms with van der Waals surface area (Å²) in [6.07, 6.45) is 4.72. The van der Waals surface area contributed by atoms with E-state index in [4.69, 9.17) is 5.11 Å². The van der Waals surface area contributed by atoms with Crippen LogP contribution in [-0.2, 0) is 0 Å². The SMILES string of the molecule is CCN1CCCC(C(C)NCCCCO)C1. The molecule has 1 rings (SSSR count). The van der Waals surface area contributed by atoms with Crippen molar-refractivity contribution in [3.63, 3.8) is 0 Å². The third kappa shape index (κ3) is 4.81. The van der Waals surface area contributed by atoms with Gasteiger partial charge < -0.3 is 15.3 Å². The van der Waals surface area contributed by atoms with Crippen LogP contribution >= 0.6 is 0 Å². The van der Waals surface area contributed by atoms with Gasteiger partial charge in [0.1, 0.15) is 0 Å². The molecular weight excluding hydrogens is 200 g/mol. The van der Waals surface area contributed by atoms with Crippen molar-refractivity contribution in [2.75, 3.05) is 32.8 Å². The van der Waals surface area contributed by atoms with Crippen LogP contribution in [-0.4, -0.2) is 48.8 Å². The number of likely N-dealkylation sites (tertiary alicyclic amines) is 1. The second-order valence-electron chi connectivity index (χ2n) is 4.97. The zero-order valence-corrected chi connectivity index (χ0v) is 10.9. The van der Waals surface area contributed by atoms with Crippen LogP contribution in [0.5, 0.6) is 0 Å². The van der Waals surface area contributed by atoms with E-state index >= 15 is 0 Å². The van der Waals surface area contributed by atoms with Crippen molar-refractivity contribution in [3.8, 4) is 0 Å². The number of unbranched alkanes of at least 4 members (excludes halogenated alkanes) is 1. The molecule has 0 aromatic carbocycles. The van der Waals surface area contributed by atoms with E-state index in [0.29, 0.717) is 12.6 Å². The van der Waals surface area contributed by atoms with Crippen molar-refractivity contribution in [2.24, 2.45) is 5.92 Å². The third-order valence-electron chi connectivity index (χ3n) is 3.75. The number of hydrogen-bond acceptors (Lipinski definition) is 3. The van der Waals surface area contributed by atoms with E-state index < -0.39 is 0 Å². The number of nitrogens with zero attached hydrogens (tertiary/aromatic N) is 1. The fourth-order valence-electron chi connectivity index (χ4n) is 2.52. The Bertz CT molecular complexity index is 175. The molecule has 0 saturated carbocycles. The van der Waals surface area contributed by atoms with E-state index in [1.54, 1.807) is 0 Å². The van der Waals surface area contributed by atoms with Crippen LogP contribution in [0.3, 0.4) is 0 Å². The van der Waals surface area contributed by atoms with E-state index in [1.165, 1.54) is 32.5 Å². The van der Waals surface area contributed by atoms with E-state index in [0.717, 1.165) is 25.3 Å². The van der Waals surface area contributed by atoms with Gasteiger partial charge in [-0.05, 0) is 58.2 Å². The Morgan fingerprint density at radius 2 is 2.25 bits per heavy atom. The summed E-state index contributed by atoms with van der Waals surface area (Å²) in [6, 6.07) is 0.619. The van der Waals surface area contributed by atoms with Crippen molar-refractivity contribution < 1.29 is 5.11 Å². The van der Waals surface area contributed by atoms with E-state index in [9.17, 15) is 0 Å². The Hall–Kier alpha value is -0.120. The average Bonchev–Trinajstić information content (AvgIpc) is 2.34. The topological polar surface area (TPSA) is 35.5 Å². The highest BCUT2D eigenvalue weighted by atomic mass is 16.2. The van der Waals surface area contributed by atoms with E-state index in [-0.39, 0.29) is 0 Å². The molecule has 1 saturated heterocycles. The Balaban J connectivity index is 2.16. The summed E-state index contributed by atoms with van der Waals surface area (Å²) in [7, 11) is 0. The second kappa shape index (κ2) is 8.04. The number of nitrogens with one attached hydrogen (secondary N) is 1. The van der Waals surface area contributed by atoms with Crippen LogP contribution in [0.25, 0.3) is 0 Å². The number of aliphatic hydroxyl groups is 1. The normalized spacial score (nSPS) is 24.6. The molecule has 0 aromatic rings. The van der Waals surface area contributed by atoms with Gasteiger partial charge in [0.05, 0.1) is 0 Å². The van der Waals surface area contributed by atoms with Gasteiger partial charge in [0, 0.05) is 19.2 Å². The molecule has 2 unspecified atom stereocenters. The predicted octanol–water partition coefficient (Wildman–Crippen LogP) is 1.47. The first-order valence-electron chi connectivity index (χ1n) is 6.84. The summed E-state index contributed by atoms with van der Waals surface area (Å²) in [5, 5.41) is 12.3. The van der Waals surface area contributed by atoms with Crippen molar-refractivity contribution >= 4 is 0 Å². The predicted molar refractivity (Wildman–Crippen MR) is 68.6 cm³/mol. The van der Waals surface area contributed by atoms with Crippen LogP contribution < -0.4 is 5.32 Å². The molecular formula is C13H28N2O. The maximum absolute atomic E-state index is 8.71. The fourth-order valence-corrected chi connectivity index (χ4v) is 2.52. The Labute approximate surface area is 100 Å². The lowest BCUT2D eigenvalue weighted by Crippen LogP contribution is -2.44. The molecule has 0 aromatic heterocycles. The Morgan fingerprint density at radius 3 is 2.94 bits per heavy atom. The number of rotatable bonds is 7. The van der Waals surface area contributed by atoms with Gasteiger partial charge >= 0.3 is 0 Å². The largest absolute Gasteiger partial charge is 0.396 e. The van der Waals surface area contributed by atoms with Crippen molar-refractivity contribution in [2.45, 2.75) is 45.6 Å². The third-order valence-corrected chi connectivity index (χ3v) is 3.75. The lowest BCUT2D eigenvalue weighted by molar-refractivity contribution is 0.157. The smallest absolute Gasteiger partial charge is 0.0431 e. The summed E-state index contributed by atoms with van der Waals surface area (Å²) in [5.74, 6) is 0.808. The monoisotopic (exact) mass is 228 g/mol. The maximum Gasteiger partial charge on any atom is 0.0431 e. The van der Waals surface area contributed by atoms with Crippen LogP contribution in [0.2, 0.25) is 0 Å². The van der Waals surface area contributed by atoms with E-state index in [1.807, 2.05) is 0 Å². The fraction of sp³-hybridized carbons (Fsp3) is 1.00. The van der Waals surface area contributed by atoms with E-state index in [2.05, 4.69) is 24.1 Å². The molecule has 1 heterocycles. The molecule has 1 aliphatic rings. The zero-order chi connectivity index (χ0) is 11.8. The summed E-state index contributed by atoms with van der Waals surface area (Å²) < 4.78 is 0. The molecule has 96 valence electrons. The molecule has 16 heavy (non-hydrogen) atoms. The van der Waals surface area contributed by atoms with Crippen LogP contribution in [0.15, 0.2) is 0 Å². The first kappa shape index (κ1) is 13.9. The van der Waals surface area contributed by atoms with Crippen molar-refractivity contribution in [1.82, 2.24) is 10.2 Å². The van der Waals surface area contributed by atoms with Crippen molar-refractivity contribution in [3.05, 3.63) is 0 Å². The molecule has 3 heteroatoms. The van der Waals surface area contributed by atoms with Gasteiger partial charge in [0.15, 0.2) is 0 Å². The van der Waals surface area contributed by atoms with Gasteiger partial charge in [-0.1, -0.05) is 6.92 Å². The molecule has 1 aliphatic heterocycles. The summed E-state index contributed by atoms with van der Waals surface area (Å²) in [6.45, 7) is 9.65. The summed E-state index contributed by atoms with van der Waals surface area (Å²) in [5.41, 5.74) is 0. The molecule has 0 bridgehead atoms. The molecule has 0 spiro atoms. The summed E-state index contributed by atoms with van der Waals surface area (Å²) >= 11 is 0. The van der Waals surface area contributed by atoms with Gasteiger partial charge in [0.2, 0.25) is 0 Å². The zero-order valence-electron chi connectivity index (χ0n) is 10.9. The van der Waals surface area contributed by atoms with Crippen LogP contribution in [0.4, 0.5) is 0 Å². The van der Waals surface area contributed by atoms with Gasteiger partial charge in [0.25, 0.3) is 0 Å². The quantitative estimate of drug-likeness (QED) is 0.648. The van der Waals surface area contributed by atoms with Gasteiger partial charge in [-0.3, -0.25) is 0 Å². The number of hydrogen-bond donors (Lipinski definition) is 2. The minimum atomic E-state index is 0.323. The van der Waals surface area contributed by atoms with Crippen LogP contribution in [0.1, 0.15) is 39.5 Å². The number of aliphatic hydroxyl groups excluding tert-OH is 1. The second-order valence-corrected chi connectivity index (χ2v) is 4.97. The molecule has 0 aliphatic carbocycles. The van der Waals surface area contributed by atoms with Gasteiger partial charge in [-0.25, -0.2) is 0 Å².